The first-order chi connectivity index (χ1) is 7.17. The van der Waals surface area contributed by atoms with Crippen LogP contribution < -0.4 is 4.74 Å². The van der Waals surface area contributed by atoms with Gasteiger partial charge in [0.05, 0.1) is 12.0 Å². The molecule has 0 aliphatic carbocycles. The lowest BCUT2D eigenvalue weighted by Crippen LogP contribution is -1.94. The van der Waals surface area contributed by atoms with Crippen molar-refractivity contribution in [1.82, 2.24) is 0 Å². The molecule has 5 heteroatoms. The second-order valence-corrected chi connectivity index (χ2v) is 2.67. The van der Waals surface area contributed by atoms with Gasteiger partial charge in [-0.3, -0.25) is 10.1 Å². The lowest BCUT2D eigenvalue weighted by molar-refractivity contribution is -0.415. The molecule has 0 saturated carbocycles. The van der Waals surface area contributed by atoms with E-state index < -0.39 is 10.6 Å². The summed E-state index contributed by atoms with van der Waals surface area (Å²) in [7, 11) is 1.53. The number of nitrogens with zero attached hydrogens (tertiary/aromatic N) is 2. The van der Waals surface area contributed by atoms with E-state index in [2.05, 4.69) is 0 Å². The molecule has 0 saturated heterocycles. The van der Waals surface area contributed by atoms with Crippen molar-refractivity contribution < 1.29 is 9.66 Å². The van der Waals surface area contributed by atoms with Crippen molar-refractivity contribution >= 4 is 6.08 Å². The van der Waals surface area contributed by atoms with Gasteiger partial charge >= 0.3 is 5.70 Å². The number of nitriles is 1. The number of methoxy groups -OCH3 is 1. The minimum absolute atomic E-state index is 0.486. The number of ether oxygens (including phenoxy) is 1. The van der Waals surface area contributed by atoms with Crippen LogP contribution >= 0.6 is 0 Å². The van der Waals surface area contributed by atoms with E-state index in [9.17, 15) is 10.1 Å². The number of rotatable bonds is 3. The number of hydrogen-bond donors (Lipinski definition) is 0. The molecule has 0 aliphatic rings. The molecule has 1 aromatic rings. The molecule has 0 radical (unpaired) electrons. The number of nitro groups is 1. The normalized spacial score (nSPS) is 10.5. The van der Waals surface area contributed by atoms with E-state index in [1.165, 1.54) is 19.3 Å². The first kappa shape index (κ1) is 10.7. The minimum atomic E-state index is -0.718. The monoisotopic (exact) mass is 204 g/mol. The second kappa shape index (κ2) is 4.77. The Balaban J connectivity index is 2.98. The number of benzene rings is 1. The van der Waals surface area contributed by atoms with Crippen molar-refractivity contribution in [3.63, 3.8) is 0 Å². The quantitative estimate of drug-likeness (QED) is 0.427. The highest BCUT2D eigenvalue weighted by Crippen LogP contribution is 2.13. The van der Waals surface area contributed by atoms with E-state index >= 15 is 0 Å². The van der Waals surface area contributed by atoms with Crippen molar-refractivity contribution in [2.45, 2.75) is 0 Å². The Bertz CT molecular complexity index is 429. The predicted octanol–water partition coefficient (Wildman–Crippen LogP) is 1.84. The summed E-state index contributed by atoms with van der Waals surface area (Å²) in [5.41, 5.74) is 0.101. The van der Waals surface area contributed by atoms with Gasteiger partial charge in [-0.25, -0.2) is 0 Å². The van der Waals surface area contributed by atoms with Crippen molar-refractivity contribution in [3.8, 4) is 11.8 Å². The average Bonchev–Trinajstić information content (AvgIpc) is 2.26. The maximum absolute atomic E-state index is 10.3. The Morgan fingerprint density at radius 1 is 1.53 bits per heavy atom. The van der Waals surface area contributed by atoms with Crippen molar-refractivity contribution in [2.24, 2.45) is 0 Å². The second-order valence-electron chi connectivity index (χ2n) is 2.67. The number of allylic oxidation sites excluding steroid dienone is 1. The van der Waals surface area contributed by atoms with Crippen LogP contribution in [-0.4, -0.2) is 12.0 Å². The molecule has 1 aromatic carbocycles. The van der Waals surface area contributed by atoms with Crippen molar-refractivity contribution in [1.29, 1.82) is 5.26 Å². The smallest absolute Gasteiger partial charge is 0.346 e. The summed E-state index contributed by atoms with van der Waals surface area (Å²) in [5.74, 6) is 0.659. The summed E-state index contributed by atoms with van der Waals surface area (Å²) >= 11 is 0. The third kappa shape index (κ3) is 2.81. The maximum Gasteiger partial charge on any atom is 0.346 e. The highest BCUT2D eigenvalue weighted by molar-refractivity contribution is 5.55. The van der Waals surface area contributed by atoms with Crippen LogP contribution in [0.25, 0.3) is 6.08 Å². The third-order valence-electron chi connectivity index (χ3n) is 1.73. The predicted molar refractivity (Wildman–Crippen MR) is 53.6 cm³/mol. The first-order valence-electron chi connectivity index (χ1n) is 4.07. The topological polar surface area (TPSA) is 76.2 Å². The molecule has 0 unspecified atom stereocenters. The summed E-state index contributed by atoms with van der Waals surface area (Å²) in [5, 5.41) is 18.8. The van der Waals surface area contributed by atoms with Crippen LogP contribution in [0.2, 0.25) is 0 Å². The summed E-state index contributed by atoms with van der Waals surface area (Å²) in [6.07, 6.45) is 1.21. The molecule has 15 heavy (non-hydrogen) atoms. The molecule has 0 N–H and O–H groups in total. The molecule has 76 valence electrons. The van der Waals surface area contributed by atoms with Gasteiger partial charge in [-0.1, -0.05) is 12.1 Å². The highest BCUT2D eigenvalue weighted by atomic mass is 16.6. The zero-order valence-electron chi connectivity index (χ0n) is 8.01. The molecule has 0 fully saturated rings. The molecule has 0 spiro atoms. The molecular weight excluding hydrogens is 196 g/mol. The Morgan fingerprint density at radius 2 is 2.13 bits per heavy atom. The van der Waals surface area contributed by atoms with Gasteiger partial charge in [0.1, 0.15) is 5.75 Å². The molecule has 5 nitrogen and oxygen atoms in total. The molecule has 0 amide bonds. The Kier molecular flexibility index (Phi) is 3.41. The largest absolute Gasteiger partial charge is 0.497 e. The fourth-order valence-corrected chi connectivity index (χ4v) is 0.984. The van der Waals surface area contributed by atoms with Crippen LogP contribution in [0.15, 0.2) is 30.0 Å². The fourth-order valence-electron chi connectivity index (χ4n) is 0.984. The van der Waals surface area contributed by atoms with Crippen LogP contribution in [0.4, 0.5) is 0 Å². The van der Waals surface area contributed by atoms with E-state index in [1.54, 1.807) is 24.3 Å². The van der Waals surface area contributed by atoms with Gasteiger partial charge in [-0.2, -0.15) is 5.26 Å². The summed E-state index contributed by atoms with van der Waals surface area (Å²) < 4.78 is 4.93. The van der Waals surface area contributed by atoms with E-state index in [0.717, 1.165) is 0 Å². The minimum Gasteiger partial charge on any atom is -0.497 e. The molecular formula is C10H8N2O3. The van der Waals surface area contributed by atoms with Gasteiger partial charge in [-0.05, 0) is 17.7 Å². The van der Waals surface area contributed by atoms with Gasteiger partial charge in [0, 0.05) is 6.08 Å². The van der Waals surface area contributed by atoms with E-state index in [0.29, 0.717) is 11.3 Å². The molecule has 1 rings (SSSR count). The maximum atomic E-state index is 10.3. The van der Waals surface area contributed by atoms with E-state index in [4.69, 9.17) is 10.00 Å². The number of hydrogen-bond acceptors (Lipinski definition) is 4. The molecule has 0 aromatic heterocycles. The Hall–Kier alpha value is -2.35. The highest BCUT2D eigenvalue weighted by Gasteiger charge is 2.08. The van der Waals surface area contributed by atoms with E-state index in [-0.39, 0.29) is 0 Å². The van der Waals surface area contributed by atoms with Crippen molar-refractivity contribution in [2.75, 3.05) is 7.11 Å². The van der Waals surface area contributed by atoms with Gasteiger partial charge in [0.15, 0.2) is 6.07 Å². The SMILES string of the molecule is COc1ccc(/C=C(\C#N)[N+](=O)[O-])cc1. The lowest BCUT2D eigenvalue weighted by Gasteiger charge is -1.98. The van der Waals surface area contributed by atoms with Crippen LogP contribution in [0, 0.1) is 21.4 Å². The Morgan fingerprint density at radius 3 is 2.53 bits per heavy atom. The van der Waals surface area contributed by atoms with E-state index in [1.807, 2.05) is 0 Å². The molecule has 0 aliphatic heterocycles. The first-order valence-corrected chi connectivity index (χ1v) is 4.07. The third-order valence-corrected chi connectivity index (χ3v) is 1.73. The average molecular weight is 204 g/mol. The van der Waals surface area contributed by atoms with Crippen LogP contribution in [0.3, 0.4) is 0 Å². The zero-order chi connectivity index (χ0) is 11.3. The van der Waals surface area contributed by atoms with Gasteiger partial charge < -0.3 is 4.74 Å². The summed E-state index contributed by atoms with van der Waals surface area (Å²) in [6.45, 7) is 0. The Labute approximate surface area is 86.4 Å². The fraction of sp³-hybridized carbons (Fsp3) is 0.100. The van der Waals surface area contributed by atoms with Crippen LogP contribution in [0.5, 0.6) is 5.75 Å². The van der Waals surface area contributed by atoms with Crippen LogP contribution in [-0.2, 0) is 0 Å². The van der Waals surface area contributed by atoms with Gasteiger partial charge in [-0.15, -0.1) is 0 Å². The lowest BCUT2D eigenvalue weighted by atomic mass is 10.2. The van der Waals surface area contributed by atoms with Crippen LogP contribution in [0.1, 0.15) is 5.56 Å². The van der Waals surface area contributed by atoms with Crippen molar-refractivity contribution in [3.05, 3.63) is 45.6 Å². The van der Waals surface area contributed by atoms with Gasteiger partial charge in [0.25, 0.3) is 0 Å². The standard InChI is InChI=1S/C10H8N2O3/c1-15-10-4-2-8(3-5-10)6-9(7-11)12(13)14/h2-6H,1H3/b9-6+. The molecule has 0 heterocycles. The van der Waals surface area contributed by atoms with Gasteiger partial charge in [0.2, 0.25) is 0 Å². The zero-order valence-corrected chi connectivity index (χ0v) is 8.01. The summed E-state index contributed by atoms with van der Waals surface area (Å²) in [4.78, 5) is 9.63. The molecule has 0 bridgehead atoms. The summed E-state index contributed by atoms with van der Waals surface area (Å²) in [6, 6.07) is 8.12. The molecule has 0 atom stereocenters.